The number of aromatic nitrogens is 1. The van der Waals surface area contributed by atoms with E-state index in [2.05, 4.69) is 49.6 Å². The van der Waals surface area contributed by atoms with Crippen LogP contribution in [0.2, 0.25) is 0 Å². The maximum absolute atomic E-state index is 14.2. The second-order valence-electron chi connectivity index (χ2n) is 10.9. The van der Waals surface area contributed by atoms with Gasteiger partial charge in [-0.1, -0.05) is 47.2 Å². The summed E-state index contributed by atoms with van der Waals surface area (Å²) < 4.78 is 31.3. The van der Waals surface area contributed by atoms with E-state index in [0.717, 1.165) is 24.7 Å². The van der Waals surface area contributed by atoms with Crippen molar-refractivity contribution < 1.29 is 33.3 Å². The van der Waals surface area contributed by atoms with Crippen LogP contribution in [-0.4, -0.2) is 43.4 Å². The van der Waals surface area contributed by atoms with Crippen LogP contribution in [0.15, 0.2) is 80.1 Å². The van der Waals surface area contributed by atoms with Crippen molar-refractivity contribution in [2.75, 3.05) is 26.9 Å². The molecule has 13 heteroatoms. The molecule has 2 heterocycles. The fraction of sp³-hybridized carbons (Fsp3) is 0.278. The van der Waals surface area contributed by atoms with Crippen molar-refractivity contribution in [3.8, 4) is 17.2 Å². The average molecular weight is 862 g/mol. The first-order chi connectivity index (χ1) is 23.5. The van der Waals surface area contributed by atoms with Crippen molar-refractivity contribution in [2.45, 2.75) is 40.3 Å². The van der Waals surface area contributed by atoms with E-state index in [1.54, 1.807) is 38.1 Å². The van der Waals surface area contributed by atoms with Gasteiger partial charge in [0, 0.05) is 0 Å². The maximum Gasteiger partial charge on any atom is 0.343 e. The third kappa shape index (κ3) is 8.27. The predicted octanol–water partition coefficient (Wildman–Crippen LogP) is 6.00. The number of ether oxygens (including phenoxy) is 5. The number of halogens is 2. The van der Waals surface area contributed by atoms with E-state index in [1.165, 1.54) is 23.0 Å². The molecule has 0 fully saturated rings. The van der Waals surface area contributed by atoms with E-state index in [9.17, 15) is 14.4 Å². The van der Waals surface area contributed by atoms with Crippen molar-refractivity contribution in [1.82, 2.24) is 4.57 Å². The molecule has 1 aliphatic heterocycles. The standard InChI is InChI=1S/C36H34BrIN2O8S/c1-6-45-28-17-24(11-12-27(28)47-19-30(41)44-5)32-31(35(43)46-7-2)21(4)39-36-40(32)34(42)29(49-36)16-23-14-25(37)33(26(38)15-23)48-18-22-10-8-9-20(3)13-22/h8-17,32H,6-7,18-19H2,1-5H3/b29-16-/t32-/m0/s1. The molecule has 0 saturated heterocycles. The zero-order chi connectivity index (χ0) is 35.2. The zero-order valence-electron chi connectivity index (χ0n) is 27.5. The van der Waals surface area contributed by atoms with Crippen LogP contribution in [0.3, 0.4) is 0 Å². The van der Waals surface area contributed by atoms with Gasteiger partial charge in [0.15, 0.2) is 22.9 Å². The second-order valence-corrected chi connectivity index (χ2v) is 13.9. The smallest absolute Gasteiger partial charge is 0.343 e. The Hall–Kier alpha value is -3.95. The summed E-state index contributed by atoms with van der Waals surface area (Å²) in [5, 5.41) is 0. The molecule has 0 saturated carbocycles. The summed E-state index contributed by atoms with van der Waals surface area (Å²) in [6.07, 6.45) is 1.80. The van der Waals surface area contributed by atoms with E-state index in [-0.39, 0.29) is 24.3 Å². The van der Waals surface area contributed by atoms with Crippen LogP contribution in [0.5, 0.6) is 17.2 Å². The quantitative estimate of drug-likeness (QED) is 0.126. The molecule has 0 amide bonds. The molecule has 3 aromatic carbocycles. The molecule has 10 nitrogen and oxygen atoms in total. The summed E-state index contributed by atoms with van der Waals surface area (Å²) in [4.78, 5) is 44.4. The van der Waals surface area contributed by atoms with Gasteiger partial charge in [-0.3, -0.25) is 9.36 Å². The van der Waals surface area contributed by atoms with Gasteiger partial charge in [-0.2, -0.15) is 0 Å². The molecule has 1 aliphatic rings. The van der Waals surface area contributed by atoms with Crippen LogP contribution in [0.1, 0.15) is 49.1 Å². The molecule has 0 aliphatic carbocycles. The Morgan fingerprint density at radius 2 is 1.82 bits per heavy atom. The molecular formula is C36H34BrIN2O8S. The van der Waals surface area contributed by atoms with E-state index in [1.807, 2.05) is 44.2 Å². The number of carbonyl (C=O) groups is 2. The maximum atomic E-state index is 14.2. The number of esters is 2. The Labute approximate surface area is 309 Å². The third-order valence-electron chi connectivity index (χ3n) is 7.46. The molecule has 0 spiro atoms. The van der Waals surface area contributed by atoms with Crippen LogP contribution in [0.4, 0.5) is 0 Å². The molecule has 49 heavy (non-hydrogen) atoms. The summed E-state index contributed by atoms with van der Waals surface area (Å²) in [5.41, 5.74) is 3.94. The van der Waals surface area contributed by atoms with Gasteiger partial charge >= 0.3 is 11.9 Å². The SMILES string of the molecule is CCOC(=O)C1=C(C)N=c2s/c(=C\c3cc(Br)c(OCc4cccc(C)c4)c(I)c3)c(=O)n2[C@H]1c1ccc(OCC(=O)OC)c(OCC)c1. The molecule has 1 aromatic heterocycles. The van der Waals surface area contributed by atoms with Crippen LogP contribution in [0.25, 0.3) is 6.08 Å². The number of nitrogens with zero attached hydrogens (tertiary/aromatic N) is 2. The van der Waals surface area contributed by atoms with Crippen molar-refractivity contribution in [3.63, 3.8) is 0 Å². The summed E-state index contributed by atoms with van der Waals surface area (Å²) in [7, 11) is 1.27. The number of thiazole rings is 1. The zero-order valence-corrected chi connectivity index (χ0v) is 32.1. The minimum absolute atomic E-state index is 0.148. The van der Waals surface area contributed by atoms with Gasteiger partial charge in [0.1, 0.15) is 12.4 Å². The lowest BCUT2D eigenvalue weighted by molar-refractivity contribution is -0.143. The molecule has 0 N–H and O–H groups in total. The highest BCUT2D eigenvalue weighted by Crippen LogP contribution is 2.37. The molecule has 4 aromatic rings. The lowest BCUT2D eigenvalue weighted by Crippen LogP contribution is -2.40. The van der Waals surface area contributed by atoms with E-state index >= 15 is 0 Å². The average Bonchev–Trinajstić information content (AvgIpc) is 3.36. The van der Waals surface area contributed by atoms with E-state index in [4.69, 9.17) is 23.7 Å². The van der Waals surface area contributed by atoms with Crippen LogP contribution < -0.4 is 29.1 Å². The van der Waals surface area contributed by atoms with Crippen molar-refractivity contribution in [3.05, 3.63) is 116 Å². The number of allylic oxidation sites excluding steroid dienone is 1. The van der Waals surface area contributed by atoms with E-state index in [0.29, 0.717) is 51.1 Å². The summed E-state index contributed by atoms with van der Waals surface area (Å²) in [5.74, 6) is 0.237. The number of benzene rings is 3. The highest BCUT2D eigenvalue weighted by atomic mass is 127. The highest BCUT2D eigenvalue weighted by Gasteiger charge is 2.34. The Bertz CT molecular complexity index is 2100. The highest BCUT2D eigenvalue weighted by molar-refractivity contribution is 14.1. The minimum atomic E-state index is -0.865. The number of aryl methyl sites for hydroxylation is 1. The number of rotatable bonds is 12. The molecule has 0 radical (unpaired) electrons. The van der Waals surface area contributed by atoms with Crippen LogP contribution in [-0.2, 0) is 25.7 Å². The first-order valence-corrected chi connectivity index (χ1v) is 18.1. The molecule has 5 rings (SSSR count). The Morgan fingerprint density at radius 1 is 1.02 bits per heavy atom. The Balaban J connectivity index is 1.57. The lowest BCUT2D eigenvalue weighted by atomic mass is 9.95. The van der Waals surface area contributed by atoms with Gasteiger partial charge in [0.25, 0.3) is 5.56 Å². The predicted molar refractivity (Wildman–Crippen MR) is 198 cm³/mol. The number of methoxy groups -OCH3 is 1. The lowest BCUT2D eigenvalue weighted by Gasteiger charge is -2.25. The largest absolute Gasteiger partial charge is 0.490 e. The molecule has 256 valence electrons. The van der Waals surface area contributed by atoms with Gasteiger partial charge in [0.05, 0.1) is 50.2 Å². The van der Waals surface area contributed by atoms with Gasteiger partial charge < -0.3 is 23.7 Å². The van der Waals surface area contributed by atoms with Gasteiger partial charge in [0.2, 0.25) is 0 Å². The fourth-order valence-corrected chi connectivity index (χ4v) is 8.11. The summed E-state index contributed by atoms with van der Waals surface area (Å²) >= 11 is 7.11. The summed E-state index contributed by atoms with van der Waals surface area (Å²) in [6, 6.07) is 16.2. The first kappa shape index (κ1) is 36.3. The molecule has 0 bridgehead atoms. The topological polar surface area (TPSA) is 115 Å². The van der Waals surface area contributed by atoms with Gasteiger partial charge in [-0.25, -0.2) is 14.6 Å². The number of fused-ring (bicyclic) bond motifs is 1. The van der Waals surface area contributed by atoms with Crippen LogP contribution in [0, 0.1) is 10.5 Å². The Kier molecular flexibility index (Phi) is 12.0. The first-order valence-electron chi connectivity index (χ1n) is 15.4. The molecular weight excluding hydrogens is 827 g/mol. The number of hydrogen-bond acceptors (Lipinski definition) is 10. The number of hydrogen-bond donors (Lipinski definition) is 0. The summed E-state index contributed by atoms with van der Waals surface area (Å²) in [6.45, 7) is 7.87. The second kappa shape index (κ2) is 16.2. The molecule has 0 unspecified atom stereocenters. The molecule has 1 atom stereocenters. The van der Waals surface area contributed by atoms with Crippen LogP contribution >= 0.6 is 49.9 Å². The van der Waals surface area contributed by atoms with Crippen molar-refractivity contribution in [2.24, 2.45) is 4.99 Å². The number of carbonyl (C=O) groups excluding carboxylic acids is 2. The minimum Gasteiger partial charge on any atom is -0.490 e. The van der Waals surface area contributed by atoms with Gasteiger partial charge in [-0.15, -0.1) is 0 Å². The Morgan fingerprint density at radius 3 is 2.51 bits per heavy atom. The van der Waals surface area contributed by atoms with Crippen molar-refractivity contribution in [1.29, 1.82) is 0 Å². The van der Waals surface area contributed by atoms with Gasteiger partial charge in [-0.05, 0) is 113 Å². The monoisotopic (exact) mass is 860 g/mol. The normalized spacial score (nSPS) is 14.2. The third-order valence-corrected chi connectivity index (χ3v) is 9.83. The van der Waals surface area contributed by atoms with Crippen molar-refractivity contribution >= 4 is 67.9 Å². The van der Waals surface area contributed by atoms with E-state index < -0.39 is 18.0 Å². The fourth-order valence-electron chi connectivity index (χ4n) is 5.29.